The van der Waals surface area contributed by atoms with Crippen LogP contribution in [0.4, 0.5) is 0 Å². The molecule has 1 atom stereocenters. The Balaban J connectivity index is 2.36. The predicted molar refractivity (Wildman–Crippen MR) is 75.8 cm³/mol. The number of hydrogen-bond donors (Lipinski definition) is 1. The molecule has 96 valence electrons. The number of para-hydroxylation sites is 1. The maximum Gasteiger partial charge on any atom is 0.183 e. The zero-order chi connectivity index (χ0) is 13.1. The lowest BCUT2D eigenvalue weighted by atomic mass is 10.1. The van der Waals surface area contributed by atoms with Crippen molar-refractivity contribution in [3.8, 4) is 5.75 Å². The van der Waals surface area contributed by atoms with Crippen LogP contribution in [0.5, 0.6) is 5.75 Å². The molecule has 0 fully saturated rings. The Morgan fingerprint density at radius 2 is 2.06 bits per heavy atom. The molecular weight excluding hydrogens is 364 g/mol. The second-order valence-electron chi connectivity index (χ2n) is 3.64. The van der Waals surface area contributed by atoms with Crippen LogP contribution in [0, 0.1) is 0 Å². The van der Waals surface area contributed by atoms with Crippen LogP contribution in [0.25, 0.3) is 0 Å². The molecule has 0 spiro atoms. The lowest BCUT2D eigenvalue weighted by Crippen LogP contribution is -2.02. The van der Waals surface area contributed by atoms with Gasteiger partial charge in [0.15, 0.2) is 4.67 Å². The number of ether oxygens (including phenoxy) is 1. The zero-order valence-corrected chi connectivity index (χ0v) is 12.9. The Labute approximate surface area is 122 Å². The molecule has 5 heteroatoms. The number of furan rings is 1. The lowest BCUT2D eigenvalue weighted by Gasteiger charge is -2.13. The van der Waals surface area contributed by atoms with Crippen LogP contribution in [-0.2, 0) is 0 Å². The number of aliphatic hydroxyl groups excluding tert-OH is 1. The smallest absolute Gasteiger partial charge is 0.183 e. The van der Waals surface area contributed by atoms with Crippen LogP contribution in [0.1, 0.15) is 24.4 Å². The Kier molecular flexibility index (Phi) is 4.48. The third-order valence-electron chi connectivity index (χ3n) is 2.45. The van der Waals surface area contributed by atoms with Crippen LogP contribution in [0.15, 0.2) is 43.9 Å². The number of hydrogen-bond acceptors (Lipinski definition) is 3. The van der Waals surface area contributed by atoms with E-state index in [1.54, 1.807) is 6.07 Å². The number of halogens is 2. The highest BCUT2D eigenvalue weighted by Gasteiger charge is 2.20. The molecule has 18 heavy (non-hydrogen) atoms. The highest BCUT2D eigenvalue weighted by Crippen LogP contribution is 2.35. The third-order valence-corrected chi connectivity index (χ3v) is 4.16. The van der Waals surface area contributed by atoms with Crippen molar-refractivity contribution in [3.05, 3.63) is 50.8 Å². The molecule has 0 radical (unpaired) electrons. The Bertz CT molecular complexity index is 517. The largest absolute Gasteiger partial charge is 0.493 e. The lowest BCUT2D eigenvalue weighted by molar-refractivity contribution is 0.181. The van der Waals surface area contributed by atoms with E-state index in [-0.39, 0.29) is 0 Å². The first-order valence-electron chi connectivity index (χ1n) is 5.48. The quantitative estimate of drug-likeness (QED) is 0.866. The number of aliphatic hydroxyl groups is 1. The molecule has 1 heterocycles. The fourth-order valence-corrected chi connectivity index (χ4v) is 2.25. The van der Waals surface area contributed by atoms with E-state index in [1.807, 2.05) is 31.2 Å². The van der Waals surface area contributed by atoms with Crippen molar-refractivity contribution in [3.63, 3.8) is 0 Å². The molecule has 0 aliphatic rings. The molecule has 0 aliphatic heterocycles. The summed E-state index contributed by atoms with van der Waals surface area (Å²) in [5.41, 5.74) is 0.688. The summed E-state index contributed by atoms with van der Waals surface area (Å²) in [5.74, 6) is 1.12. The van der Waals surface area contributed by atoms with E-state index in [2.05, 4.69) is 31.9 Å². The summed E-state index contributed by atoms with van der Waals surface area (Å²) >= 11 is 6.57. The molecule has 1 N–H and O–H groups in total. The maximum absolute atomic E-state index is 10.3. The SMILES string of the molecule is CCOc1ccccc1C(O)c1cc(Br)c(Br)o1. The fraction of sp³-hybridized carbons (Fsp3) is 0.231. The van der Waals surface area contributed by atoms with Gasteiger partial charge >= 0.3 is 0 Å². The first-order valence-corrected chi connectivity index (χ1v) is 7.06. The molecular formula is C13H12Br2O3. The maximum atomic E-state index is 10.3. The van der Waals surface area contributed by atoms with Crippen LogP contribution in [0.3, 0.4) is 0 Å². The monoisotopic (exact) mass is 374 g/mol. The summed E-state index contributed by atoms with van der Waals surface area (Å²) in [6.45, 7) is 2.46. The van der Waals surface area contributed by atoms with Crippen LogP contribution < -0.4 is 4.74 Å². The van der Waals surface area contributed by atoms with Gasteiger partial charge in [0, 0.05) is 5.56 Å². The van der Waals surface area contributed by atoms with Crippen molar-refractivity contribution in [2.24, 2.45) is 0 Å². The second kappa shape index (κ2) is 5.91. The second-order valence-corrected chi connectivity index (χ2v) is 5.22. The van der Waals surface area contributed by atoms with E-state index in [0.29, 0.717) is 28.3 Å². The minimum Gasteiger partial charge on any atom is -0.493 e. The molecule has 3 nitrogen and oxygen atoms in total. The van der Waals surface area contributed by atoms with Crippen molar-refractivity contribution < 1.29 is 14.3 Å². The van der Waals surface area contributed by atoms with Gasteiger partial charge in [-0.2, -0.15) is 0 Å². The Morgan fingerprint density at radius 1 is 1.33 bits per heavy atom. The minimum absolute atomic E-state index is 0.459. The van der Waals surface area contributed by atoms with Crippen LogP contribution >= 0.6 is 31.9 Å². The highest BCUT2D eigenvalue weighted by atomic mass is 79.9. The van der Waals surface area contributed by atoms with Crippen molar-refractivity contribution >= 4 is 31.9 Å². The van der Waals surface area contributed by atoms with Gasteiger partial charge < -0.3 is 14.3 Å². The van der Waals surface area contributed by atoms with Crippen molar-refractivity contribution in [1.82, 2.24) is 0 Å². The van der Waals surface area contributed by atoms with Gasteiger partial charge in [0.2, 0.25) is 0 Å². The average Bonchev–Trinajstić information content (AvgIpc) is 2.70. The highest BCUT2D eigenvalue weighted by molar-refractivity contribution is 9.13. The normalized spacial score (nSPS) is 12.4. The summed E-state index contributed by atoms with van der Waals surface area (Å²) < 4.78 is 12.2. The predicted octanol–water partition coefficient (Wildman–Crippen LogP) is 4.29. The molecule has 0 amide bonds. The Hall–Kier alpha value is -0.780. The summed E-state index contributed by atoms with van der Waals surface area (Å²) in [6.07, 6.45) is -0.852. The topological polar surface area (TPSA) is 42.6 Å². The van der Waals surface area contributed by atoms with Crippen molar-refractivity contribution in [2.75, 3.05) is 6.61 Å². The molecule has 0 aliphatic carbocycles. The third kappa shape index (κ3) is 2.79. The van der Waals surface area contributed by atoms with E-state index in [4.69, 9.17) is 9.15 Å². The van der Waals surface area contributed by atoms with Crippen molar-refractivity contribution in [2.45, 2.75) is 13.0 Å². The molecule has 1 aromatic heterocycles. The van der Waals surface area contributed by atoms with E-state index in [0.717, 1.165) is 4.47 Å². The van der Waals surface area contributed by atoms with E-state index in [9.17, 15) is 5.11 Å². The van der Waals surface area contributed by atoms with Gasteiger partial charge in [-0.15, -0.1) is 0 Å². The molecule has 0 bridgehead atoms. The van der Waals surface area contributed by atoms with Gasteiger partial charge in [-0.1, -0.05) is 18.2 Å². The fourth-order valence-electron chi connectivity index (χ4n) is 1.64. The molecule has 1 unspecified atom stereocenters. The van der Waals surface area contributed by atoms with Crippen LogP contribution in [-0.4, -0.2) is 11.7 Å². The minimum atomic E-state index is -0.852. The van der Waals surface area contributed by atoms with Gasteiger partial charge in [-0.25, -0.2) is 0 Å². The van der Waals surface area contributed by atoms with Crippen molar-refractivity contribution in [1.29, 1.82) is 0 Å². The average molecular weight is 376 g/mol. The molecule has 2 rings (SSSR count). The first kappa shape index (κ1) is 13.6. The Morgan fingerprint density at radius 3 is 2.67 bits per heavy atom. The van der Waals surface area contributed by atoms with Gasteiger partial charge in [0.05, 0.1) is 11.1 Å². The zero-order valence-electron chi connectivity index (χ0n) is 9.69. The van der Waals surface area contributed by atoms with E-state index < -0.39 is 6.10 Å². The summed E-state index contributed by atoms with van der Waals surface area (Å²) in [6, 6.07) is 9.11. The molecule has 0 saturated heterocycles. The first-order chi connectivity index (χ1) is 8.63. The molecule has 2 aromatic rings. The number of rotatable bonds is 4. The van der Waals surface area contributed by atoms with Crippen LogP contribution in [0.2, 0.25) is 0 Å². The summed E-state index contributed by atoms with van der Waals surface area (Å²) in [4.78, 5) is 0. The standard InChI is InChI=1S/C13H12Br2O3/c1-2-17-10-6-4-3-5-8(10)12(16)11-7-9(14)13(15)18-11/h3-7,12,16H,2H2,1H3. The van der Waals surface area contributed by atoms with Gasteiger partial charge in [-0.05, 0) is 50.9 Å². The van der Waals surface area contributed by atoms with Gasteiger partial charge in [0.1, 0.15) is 17.6 Å². The van der Waals surface area contributed by atoms with E-state index in [1.165, 1.54) is 0 Å². The molecule has 0 saturated carbocycles. The number of benzene rings is 1. The summed E-state index contributed by atoms with van der Waals surface area (Å²) in [5, 5.41) is 10.3. The van der Waals surface area contributed by atoms with E-state index >= 15 is 0 Å². The van der Waals surface area contributed by atoms with Gasteiger partial charge in [-0.3, -0.25) is 0 Å². The molecule has 1 aromatic carbocycles. The summed E-state index contributed by atoms with van der Waals surface area (Å²) in [7, 11) is 0. The van der Waals surface area contributed by atoms with Gasteiger partial charge in [0.25, 0.3) is 0 Å².